The summed E-state index contributed by atoms with van der Waals surface area (Å²) in [5.74, 6) is -0.476. The maximum absolute atomic E-state index is 13.3. The summed E-state index contributed by atoms with van der Waals surface area (Å²) in [5, 5.41) is 11.8. The Labute approximate surface area is 91.0 Å². The Bertz CT molecular complexity index is 469. The number of aryl methyl sites for hydroxylation is 1. The zero-order chi connectivity index (χ0) is 10.8. The molecule has 2 rings (SSSR count). The van der Waals surface area contributed by atoms with Crippen LogP contribution in [0.1, 0.15) is 22.2 Å². The number of aliphatic hydroxyl groups is 1. The molecule has 2 aromatic heterocycles. The van der Waals surface area contributed by atoms with Gasteiger partial charge in [-0.1, -0.05) is 0 Å². The molecule has 0 aliphatic rings. The molecule has 0 saturated heterocycles. The van der Waals surface area contributed by atoms with Gasteiger partial charge in [-0.15, -0.1) is 11.3 Å². The summed E-state index contributed by atoms with van der Waals surface area (Å²) in [7, 11) is 0. The number of aliphatic hydroxyl groups excluding tert-OH is 1. The molecule has 0 saturated carbocycles. The summed E-state index contributed by atoms with van der Waals surface area (Å²) in [6.45, 7) is 1.89. The molecule has 0 amide bonds. The van der Waals surface area contributed by atoms with Gasteiger partial charge in [0.15, 0.2) is 0 Å². The smallest absolute Gasteiger partial charge is 0.147 e. The average molecular weight is 223 g/mol. The van der Waals surface area contributed by atoms with Crippen LogP contribution in [-0.2, 0) is 0 Å². The summed E-state index contributed by atoms with van der Waals surface area (Å²) < 4.78 is 13.3. The number of halogens is 1. The van der Waals surface area contributed by atoms with E-state index in [-0.39, 0.29) is 5.69 Å². The maximum Gasteiger partial charge on any atom is 0.147 e. The van der Waals surface area contributed by atoms with Gasteiger partial charge in [-0.3, -0.25) is 4.98 Å². The second kappa shape index (κ2) is 4.08. The van der Waals surface area contributed by atoms with Crippen LogP contribution < -0.4 is 0 Å². The first-order valence-electron chi connectivity index (χ1n) is 4.52. The van der Waals surface area contributed by atoms with Crippen molar-refractivity contribution in [1.29, 1.82) is 0 Å². The van der Waals surface area contributed by atoms with E-state index in [0.717, 1.165) is 10.4 Å². The van der Waals surface area contributed by atoms with Gasteiger partial charge < -0.3 is 5.11 Å². The highest BCUT2D eigenvalue weighted by molar-refractivity contribution is 7.10. The second-order valence-electron chi connectivity index (χ2n) is 3.21. The first kappa shape index (κ1) is 10.3. The number of nitrogens with zero attached hydrogens (tertiary/aromatic N) is 1. The van der Waals surface area contributed by atoms with Gasteiger partial charge in [-0.05, 0) is 30.5 Å². The Kier molecular flexibility index (Phi) is 2.79. The molecule has 2 nitrogen and oxygen atoms in total. The van der Waals surface area contributed by atoms with Crippen molar-refractivity contribution in [2.75, 3.05) is 0 Å². The van der Waals surface area contributed by atoms with E-state index in [0.29, 0.717) is 0 Å². The molecule has 2 heterocycles. The van der Waals surface area contributed by atoms with Gasteiger partial charge >= 0.3 is 0 Å². The number of hydrogen-bond donors (Lipinski definition) is 1. The number of aromatic nitrogens is 1. The molecule has 0 aliphatic heterocycles. The predicted octanol–water partition coefficient (Wildman–Crippen LogP) is 2.67. The van der Waals surface area contributed by atoms with Crippen molar-refractivity contribution in [3.05, 3.63) is 51.7 Å². The molecule has 0 fully saturated rings. The van der Waals surface area contributed by atoms with E-state index in [2.05, 4.69) is 4.98 Å². The number of pyridine rings is 1. The molecule has 15 heavy (non-hydrogen) atoms. The minimum absolute atomic E-state index is 0.0824. The van der Waals surface area contributed by atoms with Crippen LogP contribution >= 0.6 is 11.3 Å². The Hall–Kier alpha value is -1.26. The predicted molar refractivity (Wildman–Crippen MR) is 57.3 cm³/mol. The van der Waals surface area contributed by atoms with E-state index >= 15 is 0 Å². The molecule has 4 heteroatoms. The standard InChI is InChI=1S/C11H10FNOS/c1-7-8(4-6-15-7)11(14)10-9(12)3-2-5-13-10/h2-6,11,14H,1H3. The minimum atomic E-state index is -0.975. The molecular weight excluding hydrogens is 213 g/mol. The van der Waals surface area contributed by atoms with Gasteiger partial charge in [0.2, 0.25) is 0 Å². The highest BCUT2D eigenvalue weighted by Crippen LogP contribution is 2.27. The summed E-state index contributed by atoms with van der Waals surface area (Å²) in [5.41, 5.74) is 0.802. The first-order valence-corrected chi connectivity index (χ1v) is 5.40. The van der Waals surface area contributed by atoms with Gasteiger partial charge in [0.05, 0.1) is 0 Å². The molecule has 0 bridgehead atoms. The van der Waals surface area contributed by atoms with Crippen LogP contribution in [0.3, 0.4) is 0 Å². The molecule has 1 N–H and O–H groups in total. The van der Waals surface area contributed by atoms with Crippen LogP contribution in [0.25, 0.3) is 0 Å². The zero-order valence-electron chi connectivity index (χ0n) is 8.14. The lowest BCUT2D eigenvalue weighted by Gasteiger charge is -2.10. The minimum Gasteiger partial charge on any atom is -0.382 e. The van der Waals surface area contributed by atoms with E-state index in [1.54, 1.807) is 6.07 Å². The molecule has 2 aromatic rings. The van der Waals surface area contributed by atoms with Crippen LogP contribution in [0.2, 0.25) is 0 Å². The third kappa shape index (κ3) is 1.91. The normalized spacial score (nSPS) is 12.7. The highest BCUT2D eigenvalue weighted by Gasteiger charge is 2.18. The second-order valence-corrected chi connectivity index (χ2v) is 4.33. The molecule has 0 radical (unpaired) electrons. The van der Waals surface area contributed by atoms with Crippen LogP contribution in [0, 0.1) is 12.7 Å². The maximum atomic E-state index is 13.3. The lowest BCUT2D eigenvalue weighted by molar-refractivity contribution is 0.209. The Balaban J connectivity index is 2.41. The first-order chi connectivity index (χ1) is 7.20. The largest absolute Gasteiger partial charge is 0.382 e. The van der Waals surface area contributed by atoms with Gasteiger partial charge in [0, 0.05) is 16.6 Å². The van der Waals surface area contributed by atoms with E-state index in [9.17, 15) is 9.50 Å². The fourth-order valence-electron chi connectivity index (χ4n) is 1.42. The lowest BCUT2D eigenvalue weighted by atomic mass is 10.1. The number of thiophene rings is 1. The van der Waals surface area contributed by atoms with Crippen molar-refractivity contribution >= 4 is 11.3 Å². The summed E-state index contributed by atoms with van der Waals surface area (Å²) in [6, 6.07) is 4.60. The van der Waals surface area contributed by atoms with Gasteiger partial charge in [-0.25, -0.2) is 4.39 Å². The zero-order valence-corrected chi connectivity index (χ0v) is 8.96. The summed E-state index contributed by atoms with van der Waals surface area (Å²) in [4.78, 5) is 4.83. The number of hydrogen-bond acceptors (Lipinski definition) is 3. The lowest BCUT2D eigenvalue weighted by Crippen LogP contribution is -2.05. The van der Waals surface area contributed by atoms with Crippen LogP contribution in [0.4, 0.5) is 4.39 Å². The highest BCUT2D eigenvalue weighted by atomic mass is 32.1. The third-order valence-electron chi connectivity index (χ3n) is 2.24. The summed E-state index contributed by atoms with van der Waals surface area (Å²) in [6.07, 6.45) is 0.501. The molecule has 1 atom stereocenters. The van der Waals surface area contributed by atoms with Crippen LogP contribution in [0.15, 0.2) is 29.8 Å². The van der Waals surface area contributed by atoms with Gasteiger partial charge in [0.1, 0.15) is 17.6 Å². The quantitative estimate of drug-likeness (QED) is 0.849. The Morgan fingerprint density at radius 2 is 2.27 bits per heavy atom. The molecule has 0 aromatic carbocycles. The Morgan fingerprint density at radius 3 is 2.87 bits per heavy atom. The average Bonchev–Trinajstić information content (AvgIpc) is 2.64. The fourth-order valence-corrected chi connectivity index (χ4v) is 2.16. The molecule has 1 unspecified atom stereocenters. The van der Waals surface area contributed by atoms with E-state index in [1.807, 2.05) is 12.3 Å². The third-order valence-corrected chi connectivity index (χ3v) is 3.10. The molecular formula is C11H10FNOS. The van der Waals surface area contributed by atoms with Crippen LogP contribution in [-0.4, -0.2) is 10.1 Å². The van der Waals surface area contributed by atoms with Crippen molar-refractivity contribution in [3.63, 3.8) is 0 Å². The van der Waals surface area contributed by atoms with Crippen molar-refractivity contribution < 1.29 is 9.50 Å². The molecule has 0 spiro atoms. The van der Waals surface area contributed by atoms with Gasteiger partial charge in [-0.2, -0.15) is 0 Å². The van der Waals surface area contributed by atoms with E-state index in [1.165, 1.54) is 29.7 Å². The van der Waals surface area contributed by atoms with Crippen molar-refractivity contribution in [2.24, 2.45) is 0 Å². The Morgan fingerprint density at radius 1 is 1.47 bits per heavy atom. The van der Waals surface area contributed by atoms with Crippen molar-refractivity contribution in [3.8, 4) is 0 Å². The van der Waals surface area contributed by atoms with E-state index in [4.69, 9.17) is 0 Å². The van der Waals surface area contributed by atoms with Crippen LogP contribution in [0.5, 0.6) is 0 Å². The SMILES string of the molecule is Cc1sccc1C(O)c1ncccc1F. The topological polar surface area (TPSA) is 33.1 Å². The van der Waals surface area contributed by atoms with Crippen molar-refractivity contribution in [1.82, 2.24) is 4.98 Å². The van der Waals surface area contributed by atoms with E-state index < -0.39 is 11.9 Å². The molecule has 0 aliphatic carbocycles. The monoisotopic (exact) mass is 223 g/mol. The molecule has 78 valence electrons. The fraction of sp³-hybridized carbons (Fsp3) is 0.182. The number of rotatable bonds is 2. The van der Waals surface area contributed by atoms with Crippen molar-refractivity contribution in [2.45, 2.75) is 13.0 Å². The summed E-state index contributed by atoms with van der Waals surface area (Å²) >= 11 is 1.52. The van der Waals surface area contributed by atoms with Gasteiger partial charge in [0.25, 0.3) is 0 Å².